The van der Waals surface area contributed by atoms with E-state index in [0.29, 0.717) is 11.3 Å². The van der Waals surface area contributed by atoms with Crippen molar-refractivity contribution in [3.63, 3.8) is 0 Å². The third kappa shape index (κ3) is 3.51. The number of nitrogens with two attached hydrogens (primary N) is 2. The summed E-state index contributed by atoms with van der Waals surface area (Å²) in [4.78, 5) is 24.2. The van der Waals surface area contributed by atoms with Gasteiger partial charge in [0.05, 0.1) is 11.3 Å². The minimum atomic E-state index is -0.594. The van der Waals surface area contributed by atoms with Crippen LogP contribution in [-0.4, -0.2) is 23.5 Å². The first-order valence-corrected chi connectivity index (χ1v) is 10.4. The Morgan fingerprint density at radius 3 is 2.37 bits per heavy atom. The molecule has 1 saturated carbocycles. The van der Waals surface area contributed by atoms with Gasteiger partial charge < -0.3 is 16.8 Å². The number of amides is 1. The van der Waals surface area contributed by atoms with Gasteiger partial charge in [-0.3, -0.25) is 9.69 Å². The molecule has 2 aromatic carbocycles. The lowest BCUT2D eigenvalue weighted by Crippen LogP contribution is -2.58. The summed E-state index contributed by atoms with van der Waals surface area (Å²) in [7, 11) is 0. The Hall–Kier alpha value is -3.35. The molecular formula is C23H28N6O. The van der Waals surface area contributed by atoms with Crippen LogP contribution in [0.15, 0.2) is 52.4 Å². The van der Waals surface area contributed by atoms with Crippen LogP contribution in [0.1, 0.15) is 53.6 Å². The van der Waals surface area contributed by atoms with Gasteiger partial charge in [-0.05, 0) is 62.8 Å². The summed E-state index contributed by atoms with van der Waals surface area (Å²) >= 11 is 0. The number of benzene rings is 2. The molecular weight excluding hydrogens is 376 g/mol. The highest BCUT2D eigenvalue weighted by atomic mass is 16.1. The topological polar surface area (TPSA) is 109 Å². The van der Waals surface area contributed by atoms with Gasteiger partial charge in [0.25, 0.3) is 5.91 Å². The number of aliphatic imine (C=N–C) groups is 2. The molecule has 1 fully saturated rings. The molecule has 1 aliphatic carbocycles. The first-order chi connectivity index (χ1) is 14.4. The molecule has 0 atom stereocenters. The van der Waals surface area contributed by atoms with E-state index in [4.69, 9.17) is 16.5 Å². The number of anilines is 2. The Morgan fingerprint density at radius 2 is 1.67 bits per heavy atom. The fourth-order valence-electron chi connectivity index (χ4n) is 4.52. The van der Waals surface area contributed by atoms with Crippen LogP contribution in [0.5, 0.6) is 0 Å². The average molecular weight is 405 g/mol. The van der Waals surface area contributed by atoms with Crippen LogP contribution in [0.2, 0.25) is 0 Å². The first-order valence-electron chi connectivity index (χ1n) is 10.4. The number of nitrogens with zero attached hydrogens (tertiary/aromatic N) is 3. The molecule has 30 heavy (non-hydrogen) atoms. The van der Waals surface area contributed by atoms with Gasteiger partial charge >= 0.3 is 0 Å². The number of rotatable bonds is 3. The molecule has 1 heterocycles. The maximum atomic E-state index is 13.3. The number of para-hydroxylation sites is 2. The molecule has 1 aliphatic heterocycles. The predicted octanol–water partition coefficient (Wildman–Crippen LogP) is 3.67. The highest BCUT2D eigenvalue weighted by Gasteiger charge is 2.43. The lowest BCUT2D eigenvalue weighted by Gasteiger charge is -2.46. The van der Waals surface area contributed by atoms with E-state index in [-0.39, 0.29) is 17.8 Å². The fourth-order valence-corrected chi connectivity index (χ4v) is 4.52. The van der Waals surface area contributed by atoms with Gasteiger partial charge in [0.1, 0.15) is 5.66 Å². The molecule has 2 aliphatic rings. The molecule has 0 aromatic heterocycles. The Kier molecular flexibility index (Phi) is 5.20. The van der Waals surface area contributed by atoms with E-state index in [2.05, 4.69) is 10.3 Å². The summed E-state index contributed by atoms with van der Waals surface area (Å²) < 4.78 is 0. The third-order valence-corrected chi connectivity index (χ3v) is 5.96. The van der Waals surface area contributed by atoms with Gasteiger partial charge in [0, 0.05) is 5.69 Å². The summed E-state index contributed by atoms with van der Waals surface area (Å²) in [6, 6.07) is 13.4. The predicted molar refractivity (Wildman–Crippen MR) is 122 cm³/mol. The van der Waals surface area contributed by atoms with Crippen LogP contribution in [0.3, 0.4) is 0 Å². The number of nitrogens with one attached hydrogen (secondary N) is 1. The number of hydrogen-bond donors (Lipinski definition) is 3. The van der Waals surface area contributed by atoms with Gasteiger partial charge in [-0.25, -0.2) is 4.99 Å². The number of carbonyl (C=O) groups is 1. The van der Waals surface area contributed by atoms with Crippen molar-refractivity contribution in [2.45, 2.75) is 51.6 Å². The van der Waals surface area contributed by atoms with Crippen molar-refractivity contribution in [2.75, 3.05) is 10.2 Å². The minimum Gasteiger partial charge on any atom is -0.369 e. The number of aryl methyl sites for hydroxylation is 2. The molecule has 4 rings (SSSR count). The molecule has 0 bridgehead atoms. The summed E-state index contributed by atoms with van der Waals surface area (Å²) in [6.07, 6.45) is 4.83. The van der Waals surface area contributed by atoms with Crippen LogP contribution >= 0.6 is 0 Å². The van der Waals surface area contributed by atoms with E-state index in [1.54, 1.807) is 0 Å². The molecule has 0 unspecified atom stereocenters. The Morgan fingerprint density at radius 1 is 1.00 bits per heavy atom. The number of guanidine groups is 2. The quantitative estimate of drug-likeness (QED) is 0.725. The van der Waals surface area contributed by atoms with Crippen molar-refractivity contribution in [1.29, 1.82) is 0 Å². The Balaban J connectivity index is 1.76. The van der Waals surface area contributed by atoms with Crippen LogP contribution in [-0.2, 0) is 0 Å². The summed E-state index contributed by atoms with van der Waals surface area (Å²) in [6.45, 7) is 3.97. The fraction of sp³-hybridized carbons (Fsp3) is 0.348. The summed E-state index contributed by atoms with van der Waals surface area (Å²) in [5.74, 6) is 0.282. The molecule has 7 heteroatoms. The van der Waals surface area contributed by atoms with E-state index < -0.39 is 5.66 Å². The standard InChI is InChI=1S/C23H28N6O/c1-15-9-8-10-16(2)19(15)26-20(30)17-11-4-5-12-18(17)29-22(25)27-21(24)28-23(29)13-6-3-7-14-23/h4-5,8-12H,3,6-7,13-14H2,1-2H3,(H,26,30)(H4,24,25,27,28). The van der Waals surface area contributed by atoms with Crippen molar-refractivity contribution < 1.29 is 4.79 Å². The van der Waals surface area contributed by atoms with Crippen molar-refractivity contribution in [3.05, 3.63) is 59.2 Å². The van der Waals surface area contributed by atoms with Gasteiger partial charge in [0.15, 0.2) is 0 Å². The van der Waals surface area contributed by atoms with Gasteiger partial charge in [-0.1, -0.05) is 36.8 Å². The van der Waals surface area contributed by atoms with E-state index >= 15 is 0 Å². The highest BCUT2D eigenvalue weighted by molar-refractivity contribution is 6.13. The zero-order valence-electron chi connectivity index (χ0n) is 17.5. The van der Waals surface area contributed by atoms with E-state index in [1.165, 1.54) is 0 Å². The maximum Gasteiger partial charge on any atom is 0.257 e. The van der Waals surface area contributed by atoms with Crippen molar-refractivity contribution >= 4 is 29.2 Å². The number of hydrogen-bond acceptors (Lipinski definition) is 6. The highest BCUT2D eigenvalue weighted by Crippen LogP contribution is 2.40. The smallest absolute Gasteiger partial charge is 0.257 e. The van der Waals surface area contributed by atoms with Crippen LogP contribution in [0, 0.1) is 13.8 Å². The first kappa shape index (κ1) is 19.9. The molecule has 1 amide bonds. The van der Waals surface area contributed by atoms with Crippen LogP contribution in [0.4, 0.5) is 11.4 Å². The van der Waals surface area contributed by atoms with Gasteiger partial charge in [0.2, 0.25) is 11.9 Å². The Labute approximate surface area is 176 Å². The van der Waals surface area contributed by atoms with Gasteiger partial charge in [-0.2, -0.15) is 4.99 Å². The molecule has 0 radical (unpaired) electrons. The monoisotopic (exact) mass is 404 g/mol. The van der Waals surface area contributed by atoms with Gasteiger partial charge in [-0.15, -0.1) is 0 Å². The van der Waals surface area contributed by atoms with Crippen LogP contribution in [0.25, 0.3) is 0 Å². The molecule has 1 spiro atoms. The zero-order valence-corrected chi connectivity index (χ0v) is 17.5. The Bertz CT molecular complexity index is 1020. The van der Waals surface area contributed by atoms with Crippen molar-refractivity contribution in [3.8, 4) is 0 Å². The minimum absolute atomic E-state index is 0.190. The summed E-state index contributed by atoms with van der Waals surface area (Å²) in [5, 5.41) is 3.08. The maximum absolute atomic E-state index is 13.3. The van der Waals surface area contributed by atoms with E-state index in [9.17, 15) is 4.79 Å². The second kappa shape index (κ2) is 7.82. The van der Waals surface area contributed by atoms with E-state index in [1.807, 2.05) is 61.2 Å². The lowest BCUT2D eigenvalue weighted by molar-refractivity contribution is 0.102. The number of carbonyl (C=O) groups excluding carboxylic acids is 1. The molecule has 0 saturated heterocycles. The third-order valence-electron chi connectivity index (χ3n) is 5.96. The molecule has 7 nitrogen and oxygen atoms in total. The van der Waals surface area contributed by atoms with Crippen molar-refractivity contribution in [2.24, 2.45) is 21.5 Å². The lowest BCUT2D eigenvalue weighted by atomic mass is 9.87. The van der Waals surface area contributed by atoms with Crippen LogP contribution < -0.4 is 21.7 Å². The normalized spacial score (nSPS) is 18.0. The molecule has 5 N–H and O–H groups in total. The largest absolute Gasteiger partial charge is 0.369 e. The van der Waals surface area contributed by atoms with E-state index in [0.717, 1.165) is 48.9 Å². The molecule has 2 aromatic rings. The van der Waals surface area contributed by atoms with Crippen molar-refractivity contribution in [1.82, 2.24) is 0 Å². The second-order valence-corrected chi connectivity index (χ2v) is 8.06. The average Bonchev–Trinajstić information content (AvgIpc) is 2.71. The SMILES string of the molecule is Cc1cccc(C)c1NC(=O)c1ccccc1N1C(N)=NC(N)=NC12CCCCC2. The molecule has 156 valence electrons. The zero-order chi connectivity index (χ0) is 21.3. The second-order valence-electron chi connectivity index (χ2n) is 8.06. The summed E-state index contributed by atoms with van der Waals surface area (Å²) in [5.41, 5.74) is 15.8.